The Hall–Kier alpha value is -1.42. The van der Waals surface area contributed by atoms with E-state index in [1.54, 1.807) is 24.1 Å². The molecule has 1 aliphatic rings. The summed E-state index contributed by atoms with van der Waals surface area (Å²) in [5.74, 6) is 0.596. The van der Waals surface area contributed by atoms with Gasteiger partial charge in [0, 0.05) is 13.6 Å². The van der Waals surface area contributed by atoms with E-state index < -0.39 is 0 Å². The van der Waals surface area contributed by atoms with Crippen molar-refractivity contribution in [2.45, 2.75) is 19.4 Å². The molecule has 0 aromatic heterocycles. The number of hydrogen-bond acceptors (Lipinski definition) is 2. The highest BCUT2D eigenvalue weighted by molar-refractivity contribution is 5.77. The second-order valence-corrected chi connectivity index (χ2v) is 4.95. The molecule has 0 radical (unpaired) electrons. The molecule has 0 bridgehead atoms. The van der Waals surface area contributed by atoms with E-state index in [-0.39, 0.29) is 11.7 Å². The number of benzene rings is 1. The fraction of sp³-hybridized carbons (Fsp3) is 0.500. The molecule has 0 heterocycles. The SMILES string of the molecule is CN(Cc1ccc(F)cc1)C(=O)CNCC1CC1. The van der Waals surface area contributed by atoms with Gasteiger partial charge in [0.1, 0.15) is 5.82 Å². The number of hydrogen-bond donors (Lipinski definition) is 1. The predicted molar refractivity (Wildman–Crippen MR) is 68.5 cm³/mol. The average molecular weight is 250 g/mol. The first-order valence-corrected chi connectivity index (χ1v) is 6.34. The van der Waals surface area contributed by atoms with E-state index in [0.717, 1.165) is 18.0 Å². The van der Waals surface area contributed by atoms with E-state index in [4.69, 9.17) is 0 Å². The highest BCUT2D eigenvalue weighted by Crippen LogP contribution is 2.27. The van der Waals surface area contributed by atoms with Gasteiger partial charge >= 0.3 is 0 Å². The molecule has 4 heteroatoms. The zero-order valence-electron chi connectivity index (χ0n) is 10.7. The topological polar surface area (TPSA) is 32.3 Å². The molecule has 0 saturated heterocycles. The Morgan fingerprint density at radius 2 is 2.06 bits per heavy atom. The van der Waals surface area contributed by atoms with Gasteiger partial charge in [-0.1, -0.05) is 12.1 Å². The molecule has 1 amide bonds. The van der Waals surface area contributed by atoms with Gasteiger partial charge in [-0.25, -0.2) is 4.39 Å². The number of amides is 1. The summed E-state index contributed by atoms with van der Waals surface area (Å²) in [5.41, 5.74) is 0.939. The summed E-state index contributed by atoms with van der Waals surface area (Å²) in [6, 6.07) is 6.24. The quantitative estimate of drug-likeness (QED) is 0.834. The van der Waals surface area contributed by atoms with Crippen LogP contribution >= 0.6 is 0 Å². The number of halogens is 1. The molecule has 1 saturated carbocycles. The van der Waals surface area contributed by atoms with Crippen LogP contribution in [0, 0.1) is 11.7 Å². The lowest BCUT2D eigenvalue weighted by Gasteiger charge is -2.17. The maximum atomic E-state index is 12.7. The highest BCUT2D eigenvalue weighted by Gasteiger charge is 2.20. The van der Waals surface area contributed by atoms with Crippen molar-refractivity contribution in [3.8, 4) is 0 Å². The predicted octanol–water partition coefficient (Wildman–Crippen LogP) is 1.78. The molecular weight excluding hydrogens is 231 g/mol. The Morgan fingerprint density at radius 1 is 1.39 bits per heavy atom. The van der Waals surface area contributed by atoms with Gasteiger partial charge < -0.3 is 10.2 Å². The van der Waals surface area contributed by atoms with Gasteiger partial charge in [-0.2, -0.15) is 0 Å². The van der Waals surface area contributed by atoms with Crippen LogP contribution in [0.4, 0.5) is 4.39 Å². The normalized spacial score (nSPS) is 14.6. The third kappa shape index (κ3) is 4.11. The zero-order chi connectivity index (χ0) is 13.0. The number of rotatable bonds is 6. The van der Waals surface area contributed by atoms with Gasteiger partial charge in [-0.3, -0.25) is 4.79 Å². The van der Waals surface area contributed by atoms with Crippen molar-refractivity contribution in [1.82, 2.24) is 10.2 Å². The van der Waals surface area contributed by atoms with Crippen molar-refractivity contribution >= 4 is 5.91 Å². The van der Waals surface area contributed by atoms with Crippen LogP contribution in [0.3, 0.4) is 0 Å². The van der Waals surface area contributed by atoms with Crippen molar-refractivity contribution in [1.29, 1.82) is 0 Å². The van der Waals surface area contributed by atoms with E-state index >= 15 is 0 Å². The summed E-state index contributed by atoms with van der Waals surface area (Å²) < 4.78 is 12.7. The number of nitrogens with one attached hydrogen (secondary N) is 1. The lowest BCUT2D eigenvalue weighted by Crippen LogP contribution is -2.35. The zero-order valence-corrected chi connectivity index (χ0v) is 10.7. The monoisotopic (exact) mass is 250 g/mol. The van der Waals surface area contributed by atoms with Crippen LogP contribution in [0.2, 0.25) is 0 Å². The van der Waals surface area contributed by atoms with Crippen molar-refractivity contribution in [2.75, 3.05) is 20.1 Å². The lowest BCUT2D eigenvalue weighted by atomic mass is 10.2. The first-order valence-electron chi connectivity index (χ1n) is 6.34. The lowest BCUT2D eigenvalue weighted by molar-refractivity contribution is -0.129. The minimum absolute atomic E-state index is 0.0694. The third-order valence-electron chi connectivity index (χ3n) is 3.16. The Bertz CT molecular complexity index is 401. The molecule has 18 heavy (non-hydrogen) atoms. The smallest absolute Gasteiger partial charge is 0.236 e. The molecule has 1 aromatic carbocycles. The molecule has 1 aliphatic carbocycles. The number of carbonyl (C=O) groups excluding carboxylic acids is 1. The molecule has 98 valence electrons. The van der Waals surface area contributed by atoms with Gasteiger partial charge in [0.15, 0.2) is 0 Å². The van der Waals surface area contributed by atoms with Crippen LogP contribution in [0.25, 0.3) is 0 Å². The molecule has 3 nitrogen and oxygen atoms in total. The molecule has 0 atom stereocenters. The Kier molecular flexibility index (Phi) is 4.31. The first-order chi connectivity index (χ1) is 8.65. The standard InChI is InChI=1S/C14H19FN2O/c1-17(10-12-4-6-13(15)7-5-12)14(18)9-16-8-11-2-3-11/h4-7,11,16H,2-3,8-10H2,1H3. The average Bonchev–Trinajstić information content (AvgIpc) is 3.16. The van der Waals surface area contributed by atoms with E-state index in [0.29, 0.717) is 13.1 Å². The molecule has 1 N–H and O–H groups in total. The molecule has 1 aromatic rings. The largest absolute Gasteiger partial charge is 0.340 e. The third-order valence-corrected chi connectivity index (χ3v) is 3.16. The molecule has 0 aliphatic heterocycles. The summed E-state index contributed by atoms with van der Waals surface area (Å²) in [6.45, 7) is 1.84. The highest BCUT2D eigenvalue weighted by atomic mass is 19.1. The molecule has 0 unspecified atom stereocenters. The Balaban J connectivity index is 1.73. The van der Waals surface area contributed by atoms with Crippen LogP contribution in [0.15, 0.2) is 24.3 Å². The maximum absolute atomic E-state index is 12.7. The molecule has 0 spiro atoms. The maximum Gasteiger partial charge on any atom is 0.236 e. The number of nitrogens with zero attached hydrogens (tertiary/aromatic N) is 1. The molecule has 2 rings (SSSR count). The van der Waals surface area contributed by atoms with Gasteiger partial charge in [-0.15, -0.1) is 0 Å². The molecular formula is C14H19FN2O. The van der Waals surface area contributed by atoms with Crippen molar-refractivity contribution in [2.24, 2.45) is 5.92 Å². The second kappa shape index (κ2) is 5.96. The van der Waals surface area contributed by atoms with E-state index in [9.17, 15) is 9.18 Å². The van der Waals surface area contributed by atoms with Crippen molar-refractivity contribution in [3.63, 3.8) is 0 Å². The second-order valence-electron chi connectivity index (χ2n) is 4.95. The fourth-order valence-corrected chi connectivity index (χ4v) is 1.79. The van der Waals surface area contributed by atoms with Crippen LogP contribution in [-0.4, -0.2) is 30.9 Å². The van der Waals surface area contributed by atoms with Gasteiger partial charge in [0.25, 0.3) is 0 Å². The van der Waals surface area contributed by atoms with E-state index in [1.807, 2.05) is 0 Å². The van der Waals surface area contributed by atoms with E-state index in [1.165, 1.54) is 25.0 Å². The van der Waals surface area contributed by atoms with Crippen LogP contribution in [0.5, 0.6) is 0 Å². The van der Waals surface area contributed by atoms with Gasteiger partial charge in [0.2, 0.25) is 5.91 Å². The minimum Gasteiger partial charge on any atom is -0.340 e. The summed E-state index contributed by atoms with van der Waals surface area (Å²) in [5, 5.41) is 3.17. The van der Waals surface area contributed by atoms with Gasteiger partial charge in [-0.05, 0) is 43.0 Å². The van der Waals surface area contributed by atoms with E-state index in [2.05, 4.69) is 5.32 Å². The Labute approximate surface area is 107 Å². The summed E-state index contributed by atoms with van der Waals surface area (Å²) >= 11 is 0. The van der Waals surface area contributed by atoms with Crippen molar-refractivity contribution < 1.29 is 9.18 Å². The summed E-state index contributed by atoms with van der Waals surface area (Å²) in [6.07, 6.45) is 2.57. The first kappa shape index (κ1) is 13.0. The number of likely N-dealkylation sites (N-methyl/N-ethyl adjacent to an activating group) is 1. The van der Waals surface area contributed by atoms with Crippen molar-refractivity contribution in [3.05, 3.63) is 35.6 Å². The van der Waals surface area contributed by atoms with Crippen LogP contribution in [0.1, 0.15) is 18.4 Å². The summed E-state index contributed by atoms with van der Waals surface area (Å²) in [4.78, 5) is 13.5. The van der Waals surface area contributed by atoms with Gasteiger partial charge in [0.05, 0.1) is 6.54 Å². The van der Waals surface area contributed by atoms with Crippen LogP contribution < -0.4 is 5.32 Å². The number of carbonyl (C=O) groups is 1. The summed E-state index contributed by atoms with van der Waals surface area (Å²) in [7, 11) is 1.77. The minimum atomic E-state index is -0.251. The van der Waals surface area contributed by atoms with Crippen LogP contribution in [-0.2, 0) is 11.3 Å². The Morgan fingerprint density at radius 3 is 2.67 bits per heavy atom. The fourth-order valence-electron chi connectivity index (χ4n) is 1.79. The molecule has 1 fully saturated rings.